The van der Waals surface area contributed by atoms with E-state index in [0.717, 1.165) is 4.90 Å². The van der Waals surface area contributed by atoms with Gasteiger partial charge in [0.25, 0.3) is 17.0 Å². The van der Waals surface area contributed by atoms with Gasteiger partial charge in [-0.2, -0.15) is 0 Å². The van der Waals surface area contributed by atoms with E-state index in [2.05, 4.69) is 10.3 Å². The summed E-state index contributed by atoms with van der Waals surface area (Å²) >= 11 is 6.69. The van der Waals surface area contributed by atoms with Crippen LogP contribution in [0.2, 0.25) is 5.02 Å². The highest BCUT2D eigenvalue weighted by Crippen LogP contribution is 2.37. The number of aromatic nitrogens is 1. The van der Waals surface area contributed by atoms with Gasteiger partial charge in [0.2, 0.25) is 5.91 Å². The van der Waals surface area contributed by atoms with E-state index in [1.165, 1.54) is 61.8 Å². The van der Waals surface area contributed by atoms with Crippen molar-refractivity contribution in [2.45, 2.75) is 6.92 Å². The fourth-order valence-corrected chi connectivity index (χ4v) is 4.70. The molecular formula is C27H21ClN4O9S. The number of carbonyl (C=O) groups is 4. The highest BCUT2D eigenvalue weighted by molar-refractivity contribution is 8.18. The van der Waals surface area contributed by atoms with Crippen LogP contribution in [-0.4, -0.2) is 58.1 Å². The first-order valence-corrected chi connectivity index (χ1v) is 13.3. The van der Waals surface area contributed by atoms with Crippen molar-refractivity contribution in [2.24, 2.45) is 0 Å². The fraction of sp³-hybridized carbons (Fsp3) is 0.148. The highest BCUT2D eigenvalue weighted by Gasteiger charge is 2.36. The lowest BCUT2D eigenvalue weighted by molar-refractivity contribution is -0.386. The summed E-state index contributed by atoms with van der Waals surface area (Å²) in [6, 6.07) is 11.4. The Morgan fingerprint density at radius 3 is 2.67 bits per heavy atom. The lowest BCUT2D eigenvalue weighted by atomic mass is 10.2. The third kappa shape index (κ3) is 6.85. The molecule has 1 fully saturated rings. The summed E-state index contributed by atoms with van der Waals surface area (Å²) < 4.78 is 15.9. The second kappa shape index (κ2) is 13.1. The molecule has 4 rings (SSSR count). The standard InChI is InChI=1S/C27H21ClN4O9S/c1-3-40-26(35)17-13-16(7-8-18(17)28)30-23(33)14-31-25(34)22(42-27(31)36)12-15-6-9-20(21(11-15)39-2)41-24-19(32(37)38)5-4-10-29-24/h4-13H,3,14H2,1-2H3,(H,30,33)/b22-12-. The predicted octanol–water partition coefficient (Wildman–Crippen LogP) is 5.30. The minimum atomic E-state index is -0.688. The summed E-state index contributed by atoms with van der Waals surface area (Å²) in [6.07, 6.45) is 2.78. The molecule has 2 heterocycles. The van der Waals surface area contributed by atoms with Gasteiger partial charge in [0.05, 0.1) is 34.1 Å². The van der Waals surface area contributed by atoms with Crippen LogP contribution in [0.5, 0.6) is 17.4 Å². The lowest BCUT2D eigenvalue weighted by Gasteiger charge is -2.13. The van der Waals surface area contributed by atoms with Gasteiger partial charge in [-0.1, -0.05) is 17.7 Å². The van der Waals surface area contributed by atoms with E-state index < -0.39 is 34.5 Å². The number of carbonyl (C=O) groups excluding carboxylic acids is 4. The van der Waals surface area contributed by atoms with Gasteiger partial charge in [-0.15, -0.1) is 0 Å². The van der Waals surface area contributed by atoms with Crippen LogP contribution < -0.4 is 14.8 Å². The van der Waals surface area contributed by atoms with E-state index in [9.17, 15) is 29.3 Å². The molecule has 1 N–H and O–H groups in total. The number of amides is 3. The molecule has 1 aliphatic heterocycles. The quantitative estimate of drug-likeness (QED) is 0.137. The molecule has 1 aromatic heterocycles. The number of esters is 1. The molecule has 0 saturated carbocycles. The van der Waals surface area contributed by atoms with Crippen LogP contribution in [0.15, 0.2) is 59.6 Å². The zero-order valence-electron chi connectivity index (χ0n) is 22.0. The third-order valence-corrected chi connectivity index (χ3v) is 6.80. The van der Waals surface area contributed by atoms with Gasteiger partial charge < -0.3 is 19.5 Å². The molecule has 3 aromatic rings. The summed E-state index contributed by atoms with van der Waals surface area (Å²) in [5.41, 5.74) is 0.394. The molecule has 0 bridgehead atoms. The number of methoxy groups -OCH3 is 1. The van der Waals surface area contributed by atoms with E-state index >= 15 is 0 Å². The van der Waals surface area contributed by atoms with Crippen molar-refractivity contribution in [2.75, 3.05) is 25.6 Å². The molecule has 1 saturated heterocycles. The van der Waals surface area contributed by atoms with E-state index in [0.29, 0.717) is 17.3 Å². The Balaban J connectivity index is 1.46. The summed E-state index contributed by atoms with van der Waals surface area (Å²) in [7, 11) is 1.36. The van der Waals surface area contributed by atoms with Crippen molar-refractivity contribution in [3.8, 4) is 17.4 Å². The van der Waals surface area contributed by atoms with Crippen LogP contribution >= 0.6 is 23.4 Å². The Morgan fingerprint density at radius 2 is 1.95 bits per heavy atom. The number of thioether (sulfide) groups is 1. The second-order valence-electron chi connectivity index (χ2n) is 8.33. The molecule has 0 atom stereocenters. The molecule has 2 aromatic carbocycles. The number of anilines is 1. The zero-order chi connectivity index (χ0) is 30.4. The average Bonchev–Trinajstić information content (AvgIpc) is 3.22. The van der Waals surface area contributed by atoms with Crippen LogP contribution in [0.4, 0.5) is 16.2 Å². The molecule has 15 heteroatoms. The topological polar surface area (TPSA) is 167 Å². The van der Waals surface area contributed by atoms with E-state index in [1.54, 1.807) is 13.0 Å². The van der Waals surface area contributed by atoms with E-state index in [-0.39, 0.29) is 50.9 Å². The molecule has 3 amide bonds. The normalized spacial score (nSPS) is 13.7. The maximum atomic E-state index is 13.0. The van der Waals surface area contributed by atoms with Gasteiger partial charge in [0.1, 0.15) is 6.54 Å². The largest absolute Gasteiger partial charge is 0.493 e. The predicted molar refractivity (Wildman–Crippen MR) is 153 cm³/mol. The Bertz CT molecular complexity index is 1630. The smallest absolute Gasteiger partial charge is 0.339 e. The molecule has 0 spiro atoms. The Morgan fingerprint density at radius 1 is 1.17 bits per heavy atom. The molecule has 0 radical (unpaired) electrons. The molecule has 1 aliphatic rings. The van der Waals surface area contributed by atoms with E-state index in [1.807, 2.05) is 0 Å². The number of hydrogen-bond acceptors (Lipinski definition) is 11. The zero-order valence-corrected chi connectivity index (χ0v) is 23.6. The number of benzene rings is 2. The van der Waals surface area contributed by atoms with Gasteiger partial charge in [-0.25, -0.2) is 9.78 Å². The molecular weight excluding hydrogens is 592 g/mol. The van der Waals surface area contributed by atoms with Crippen molar-refractivity contribution in [1.29, 1.82) is 0 Å². The molecule has 13 nitrogen and oxygen atoms in total. The summed E-state index contributed by atoms with van der Waals surface area (Å²) in [4.78, 5) is 65.6. The first-order chi connectivity index (χ1) is 20.1. The third-order valence-electron chi connectivity index (χ3n) is 5.56. The number of pyridine rings is 1. The molecule has 42 heavy (non-hydrogen) atoms. The monoisotopic (exact) mass is 612 g/mol. The van der Waals surface area contributed by atoms with Crippen molar-refractivity contribution in [1.82, 2.24) is 9.88 Å². The first kappa shape index (κ1) is 30.0. The highest BCUT2D eigenvalue weighted by atomic mass is 35.5. The second-order valence-corrected chi connectivity index (χ2v) is 9.73. The van der Waals surface area contributed by atoms with Crippen LogP contribution in [-0.2, 0) is 14.3 Å². The SMILES string of the molecule is CCOC(=O)c1cc(NC(=O)CN2C(=O)S/C(=C\c3ccc(Oc4ncccc4[N+](=O)[O-])c(OC)c3)C2=O)ccc1Cl. The van der Waals surface area contributed by atoms with Gasteiger partial charge in [-0.3, -0.25) is 29.4 Å². The maximum absolute atomic E-state index is 13.0. The van der Waals surface area contributed by atoms with Crippen molar-refractivity contribution >= 4 is 63.8 Å². The van der Waals surface area contributed by atoms with Crippen molar-refractivity contribution in [3.05, 3.63) is 85.9 Å². The Hall–Kier alpha value is -4.95. The Kier molecular flexibility index (Phi) is 9.39. The number of nitrogens with one attached hydrogen (secondary N) is 1. The average molecular weight is 613 g/mol. The number of nitrogens with zero attached hydrogens (tertiary/aromatic N) is 3. The number of rotatable bonds is 10. The van der Waals surface area contributed by atoms with Crippen LogP contribution in [0, 0.1) is 10.1 Å². The Labute approximate surface area is 247 Å². The van der Waals surface area contributed by atoms with Gasteiger partial charge in [-0.05, 0) is 66.7 Å². The number of halogens is 1. The summed E-state index contributed by atoms with van der Waals surface area (Å²) in [6.45, 7) is 1.21. The van der Waals surface area contributed by atoms with Crippen LogP contribution in [0.25, 0.3) is 6.08 Å². The van der Waals surface area contributed by atoms with Crippen LogP contribution in [0.3, 0.4) is 0 Å². The molecule has 216 valence electrons. The summed E-state index contributed by atoms with van der Waals surface area (Å²) in [5.74, 6) is -1.94. The van der Waals surface area contributed by atoms with E-state index in [4.69, 9.17) is 25.8 Å². The minimum Gasteiger partial charge on any atom is -0.493 e. The number of nitro groups is 1. The number of hydrogen-bond donors (Lipinski definition) is 1. The summed E-state index contributed by atoms with van der Waals surface area (Å²) in [5, 5.41) is 13.3. The van der Waals surface area contributed by atoms with Gasteiger partial charge >= 0.3 is 11.7 Å². The maximum Gasteiger partial charge on any atom is 0.339 e. The van der Waals surface area contributed by atoms with Crippen LogP contribution in [0.1, 0.15) is 22.8 Å². The number of ether oxygens (including phenoxy) is 3. The van der Waals surface area contributed by atoms with Crippen molar-refractivity contribution in [3.63, 3.8) is 0 Å². The first-order valence-electron chi connectivity index (χ1n) is 12.1. The van der Waals surface area contributed by atoms with Crippen molar-refractivity contribution < 1.29 is 38.3 Å². The molecule has 0 unspecified atom stereocenters. The van der Waals surface area contributed by atoms with Gasteiger partial charge in [0.15, 0.2) is 11.5 Å². The fourth-order valence-electron chi connectivity index (χ4n) is 3.66. The number of imide groups is 1. The molecule has 0 aliphatic carbocycles. The van der Waals surface area contributed by atoms with Gasteiger partial charge in [0, 0.05) is 18.0 Å². The lowest BCUT2D eigenvalue weighted by Crippen LogP contribution is -2.36. The minimum absolute atomic E-state index is 0.0514.